The molecule has 1 heterocycles. The van der Waals surface area contributed by atoms with Gasteiger partial charge in [0.25, 0.3) is 0 Å². The third-order valence-electron chi connectivity index (χ3n) is 2.78. The van der Waals surface area contributed by atoms with E-state index in [9.17, 15) is 9.59 Å². The van der Waals surface area contributed by atoms with E-state index in [4.69, 9.17) is 14.3 Å². The highest BCUT2D eigenvalue weighted by Gasteiger charge is 2.19. The van der Waals surface area contributed by atoms with E-state index in [1.54, 1.807) is 12.1 Å². The van der Waals surface area contributed by atoms with Crippen LogP contribution in [-0.4, -0.2) is 24.2 Å². The number of esters is 1. The van der Waals surface area contributed by atoms with E-state index >= 15 is 0 Å². The average Bonchev–Trinajstić information content (AvgIpc) is 2.80. The molecule has 0 saturated heterocycles. The molecule has 1 aromatic heterocycles. The summed E-state index contributed by atoms with van der Waals surface area (Å²) in [6, 6.07) is 3.53. The van der Waals surface area contributed by atoms with Crippen LogP contribution in [0.3, 0.4) is 0 Å². The van der Waals surface area contributed by atoms with Gasteiger partial charge in [0.1, 0.15) is 11.5 Å². The Balaban J connectivity index is 2.57. The van der Waals surface area contributed by atoms with Gasteiger partial charge in [0.05, 0.1) is 19.4 Å². The number of carboxylic acids is 1. The van der Waals surface area contributed by atoms with E-state index < -0.39 is 5.97 Å². The highest BCUT2D eigenvalue weighted by Crippen LogP contribution is 2.17. The Hall–Kier alpha value is -1.78. The predicted molar refractivity (Wildman–Crippen MR) is 64.2 cm³/mol. The number of aliphatic carboxylic acids is 1. The molecule has 0 aromatic carbocycles. The fourth-order valence-electron chi connectivity index (χ4n) is 1.70. The monoisotopic (exact) mass is 254 g/mol. The molecule has 1 unspecified atom stereocenters. The molecule has 0 fully saturated rings. The van der Waals surface area contributed by atoms with Gasteiger partial charge in [-0.1, -0.05) is 6.92 Å². The highest BCUT2D eigenvalue weighted by molar-refractivity contribution is 5.72. The molecule has 1 N–H and O–H groups in total. The summed E-state index contributed by atoms with van der Waals surface area (Å²) in [4.78, 5) is 21.9. The fourth-order valence-corrected chi connectivity index (χ4v) is 1.70. The SMILES string of the molecule is CCC(Cc1ccc(CCC(=O)O)o1)C(=O)OC. The molecule has 18 heavy (non-hydrogen) atoms. The van der Waals surface area contributed by atoms with Crippen LogP contribution < -0.4 is 0 Å². The Morgan fingerprint density at radius 3 is 2.61 bits per heavy atom. The number of hydrogen-bond acceptors (Lipinski definition) is 4. The second kappa shape index (κ2) is 6.83. The van der Waals surface area contributed by atoms with Crippen LogP contribution in [0.25, 0.3) is 0 Å². The third kappa shape index (κ3) is 4.24. The van der Waals surface area contributed by atoms with Crippen molar-refractivity contribution in [2.45, 2.75) is 32.6 Å². The molecule has 0 aliphatic heterocycles. The van der Waals surface area contributed by atoms with E-state index in [0.717, 1.165) is 0 Å². The molecule has 1 rings (SSSR count). The number of aryl methyl sites for hydroxylation is 1. The van der Waals surface area contributed by atoms with Gasteiger partial charge >= 0.3 is 11.9 Å². The molecule has 100 valence electrons. The summed E-state index contributed by atoms with van der Waals surface area (Å²) in [6.07, 6.45) is 1.57. The molecule has 0 radical (unpaired) electrons. The summed E-state index contributed by atoms with van der Waals surface area (Å²) in [7, 11) is 1.37. The van der Waals surface area contributed by atoms with Crippen molar-refractivity contribution in [3.05, 3.63) is 23.7 Å². The quantitative estimate of drug-likeness (QED) is 0.753. The van der Waals surface area contributed by atoms with E-state index in [0.29, 0.717) is 30.8 Å². The molecule has 5 heteroatoms. The zero-order valence-corrected chi connectivity index (χ0v) is 10.6. The highest BCUT2D eigenvalue weighted by atomic mass is 16.5. The lowest BCUT2D eigenvalue weighted by molar-refractivity contribution is -0.145. The lowest BCUT2D eigenvalue weighted by Gasteiger charge is -2.10. The van der Waals surface area contributed by atoms with Crippen molar-refractivity contribution in [1.82, 2.24) is 0 Å². The topological polar surface area (TPSA) is 76.7 Å². The Labute approximate surface area is 106 Å². The number of ether oxygens (including phenoxy) is 1. The van der Waals surface area contributed by atoms with Gasteiger partial charge in [0.15, 0.2) is 0 Å². The summed E-state index contributed by atoms with van der Waals surface area (Å²) >= 11 is 0. The molecular formula is C13H18O5. The second-order valence-electron chi connectivity index (χ2n) is 4.09. The molecule has 1 aromatic rings. The summed E-state index contributed by atoms with van der Waals surface area (Å²) < 4.78 is 10.2. The summed E-state index contributed by atoms with van der Waals surface area (Å²) in [5, 5.41) is 8.57. The predicted octanol–water partition coefficient (Wildman–Crippen LogP) is 2.04. The first-order valence-corrected chi connectivity index (χ1v) is 5.94. The lowest BCUT2D eigenvalue weighted by Crippen LogP contribution is -2.17. The number of carbonyl (C=O) groups excluding carboxylic acids is 1. The molecule has 0 bridgehead atoms. The van der Waals surface area contributed by atoms with E-state index in [-0.39, 0.29) is 18.3 Å². The van der Waals surface area contributed by atoms with E-state index in [2.05, 4.69) is 0 Å². The summed E-state index contributed by atoms with van der Waals surface area (Å²) in [5.74, 6) is 0.00293. The van der Waals surface area contributed by atoms with Crippen molar-refractivity contribution in [2.24, 2.45) is 5.92 Å². The normalized spacial score (nSPS) is 12.1. The van der Waals surface area contributed by atoms with E-state index in [1.807, 2.05) is 6.92 Å². The van der Waals surface area contributed by atoms with Gasteiger partial charge in [0, 0.05) is 12.8 Å². The number of methoxy groups -OCH3 is 1. The van der Waals surface area contributed by atoms with Crippen molar-refractivity contribution in [3.63, 3.8) is 0 Å². The average molecular weight is 254 g/mol. The number of carboxylic acid groups (broad SMARTS) is 1. The maximum Gasteiger partial charge on any atom is 0.309 e. The molecule has 0 aliphatic carbocycles. The number of rotatable bonds is 7. The Kier molecular flexibility index (Phi) is 5.42. The zero-order valence-electron chi connectivity index (χ0n) is 10.6. The van der Waals surface area contributed by atoms with Gasteiger partial charge in [-0.15, -0.1) is 0 Å². The van der Waals surface area contributed by atoms with Crippen LogP contribution in [0.15, 0.2) is 16.5 Å². The minimum Gasteiger partial charge on any atom is -0.481 e. The minimum atomic E-state index is -0.853. The first-order valence-electron chi connectivity index (χ1n) is 5.94. The van der Waals surface area contributed by atoms with Gasteiger partial charge in [-0.3, -0.25) is 9.59 Å². The van der Waals surface area contributed by atoms with Gasteiger partial charge in [-0.05, 0) is 18.6 Å². The molecule has 0 aliphatic rings. The van der Waals surface area contributed by atoms with Crippen LogP contribution >= 0.6 is 0 Å². The number of carbonyl (C=O) groups is 2. The van der Waals surface area contributed by atoms with Crippen LogP contribution in [0.2, 0.25) is 0 Å². The van der Waals surface area contributed by atoms with Gasteiger partial charge in [-0.2, -0.15) is 0 Å². The van der Waals surface area contributed by atoms with Gasteiger partial charge < -0.3 is 14.3 Å². The summed E-state index contributed by atoms with van der Waals surface area (Å²) in [6.45, 7) is 1.91. The fraction of sp³-hybridized carbons (Fsp3) is 0.538. The third-order valence-corrected chi connectivity index (χ3v) is 2.78. The van der Waals surface area contributed by atoms with Crippen LogP contribution in [0.4, 0.5) is 0 Å². The van der Waals surface area contributed by atoms with E-state index in [1.165, 1.54) is 7.11 Å². The molecule has 0 saturated carbocycles. The van der Waals surface area contributed by atoms with Gasteiger partial charge in [-0.25, -0.2) is 0 Å². The molecular weight excluding hydrogens is 236 g/mol. The van der Waals surface area contributed by atoms with Crippen LogP contribution in [-0.2, 0) is 27.2 Å². The van der Waals surface area contributed by atoms with Crippen molar-refractivity contribution < 1.29 is 23.8 Å². The lowest BCUT2D eigenvalue weighted by atomic mass is 10.0. The van der Waals surface area contributed by atoms with Crippen LogP contribution in [0.1, 0.15) is 31.3 Å². The molecule has 5 nitrogen and oxygen atoms in total. The number of furan rings is 1. The van der Waals surface area contributed by atoms with Crippen LogP contribution in [0.5, 0.6) is 0 Å². The maximum absolute atomic E-state index is 11.4. The molecule has 0 spiro atoms. The maximum atomic E-state index is 11.4. The van der Waals surface area contributed by atoms with Crippen molar-refractivity contribution in [2.75, 3.05) is 7.11 Å². The first kappa shape index (κ1) is 14.3. The Morgan fingerprint density at radius 2 is 2.06 bits per heavy atom. The standard InChI is InChI=1S/C13H18O5/c1-3-9(13(16)17-2)8-11-5-4-10(18-11)6-7-12(14)15/h4-5,9H,3,6-8H2,1-2H3,(H,14,15). The van der Waals surface area contributed by atoms with Crippen molar-refractivity contribution >= 4 is 11.9 Å². The Morgan fingerprint density at radius 1 is 1.39 bits per heavy atom. The first-order chi connectivity index (χ1) is 8.56. The van der Waals surface area contributed by atoms with Gasteiger partial charge in [0.2, 0.25) is 0 Å². The zero-order chi connectivity index (χ0) is 13.5. The minimum absolute atomic E-state index is 0.0428. The molecule has 0 amide bonds. The van der Waals surface area contributed by atoms with Crippen LogP contribution in [0, 0.1) is 5.92 Å². The number of hydrogen-bond donors (Lipinski definition) is 1. The Bertz CT molecular complexity index is 407. The smallest absolute Gasteiger partial charge is 0.309 e. The van der Waals surface area contributed by atoms with Crippen molar-refractivity contribution in [3.8, 4) is 0 Å². The summed E-state index contributed by atoms with van der Waals surface area (Å²) in [5.41, 5.74) is 0. The largest absolute Gasteiger partial charge is 0.481 e. The second-order valence-corrected chi connectivity index (χ2v) is 4.09. The molecule has 1 atom stereocenters. The van der Waals surface area contributed by atoms with Crippen molar-refractivity contribution in [1.29, 1.82) is 0 Å².